The summed E-state index contributed by atoms with van der Waals surface area (Å²) in [4.78, 5) is 25.9. The zero-order valence-electron chi connectivity index (χ0n) is 16.8. The Labute approximate surface area is 165 Å². The molecule has 8 nitrogen and oxygen atoms in total. The summed E-state index contributed by atoms with van der Waals surface area (Å²) in [7, 11) is -2.77. The van der Waals surface area contributed by atoms with Crippen LogP contribution in [0, 0.1) is 6.92 Å². The average molecular weight is 413 g/mol. The molecular weight excluding hydrogens is 386 g/mol. The highest BCUT2D eigenvalue weighted by Gasteiger charge is 2.40. The standard InChI is InChI=1S/C19H27NO7S/c1-13-6-8-15(9-7-13)28(23,24)27-14-10-11-20(16(12-14)17(21)25-5)18(22)26-19(2,3)4/h6-9,14,16H,10-12H2,1-5H3/t14-,16?/m0/s1. The molecule has 1 aliphatic rings. The average Bonchev–Trinajstić information content (AvgIpc) is 2.59. The van der Waals surface area contributed by atoms with Crippen molar-refractivity contribution in [2.24, 2.45) is 0 Å². The summed E-state index contributed by atoms with van der Waals surface area (Å²) < 4.78 is 40.5. The van der Waals surface area contributed by atoms with Crippen LogP contribution >= 0.6 is 0 Å². The first-order valence-corrected chi connectivity index (χ1v) is 10.4. The summed E-state index contributed by atoms with van der Waals surface area (Å²) in [6.45, 7) is 7.14. The molecule has 1 saturated heterocycles. The largest absolute Gasteiger partial charge is 0.467 e. The molecule has 0 spiro atoms. The molecule has 1 heterocycles. The fourth-order valence-corrected chi connectivity index (χ4v) is 3.97. The Kier molecular flexibility index (Phi) is 6.71. The third kappa shape index (κ3) is 5.68. The van der Waals surface area contributed by atoms with Crippen LogP contribution in [0.25, 0.3) is 0 Å². The van der Waals surface area contributed by atoms with E-state index < -0.39 is 39.9 Å². The minimum atomic E-state index is -3.99. The van der Waals surface area contributed by atoms with Gasteiger partial charge in [-0.1, -0.05) is 17.7 Å². The Bertz CT molecular complexity index is 812. The van der Waals surface area contributed by atoms with Gasteiger partial charge >= 0.3 is 12.1 Å². The molecule has 1 fully saturated rings. The van der Waals surface area contributed by atoms with Gasteiger partial charge in [-0.05, 0) is 46.2 Å². The number of amides is 1. The molecule has 156 valence electrons. The van der Waals surface area contributed by atoms with Gasteiger partial charge in [0, 0.05) is 13.0 Å². The number of likely N-dealkylation sites (tertiary alicyclic amines) is 1. The van der Waals surface area contributed by atoms with Gasteiger partial charge in [0.2, 0.25) is 0 Å². The van der Waals surface area contributed by atoms with Crippen LogP contribution in [0.15, 0.2) is 29.2 Å². The Hall–Kier alpha value is -2.13. The Morgan fingerprint density at radius 1 is 1.14 bits per heavy atom. The molecule has 9 heteroatoms. The van der Waals surface area contributed by atoms with Gasteiger partial charge in [-0.25, -0.2) is 9.59 Å². The van der Waals surface area contributed by atoms with Crippen molar-refractivity contribution in [1.82, 2.24) is 4.90 Å². The molecule has 0 N–H and O–H groups in total. The number of methoxy groups -OCH3 is 1. The second kappa shape index (κ2) is 8.48. The normalized spacial score (nSPS) is 20.5. The number of hydrogen-bond acceptors (Lipinski definition) is 7. The summed E-state index contributed by atoms with van der Waals surface area (Å²) in [6, 6.07) is 5.32. The van der Waals surface area contributed by atoms with E-state index in [1.807, 2.05) is 6.92 Å². The highest BCUT2D eigenvalue weighted by molar-refractivity contribution is 7.86. The van der Waals surface area contributed by atoms with Crippen LogP contribution in [0.2, 0.25) is 0 Å². The van der Waals surface area contributed by atoms with Crippen LogP contribution in [0.5, 0.6) is 0 Å². The predicted octanol–water partition coefficient (Wildman–Crippen LogP) is 2.64. The lowest BCUT2D eigenvalue weighted by Gasteiger charge is -2.37. The van der Waals surface area contributed by atoms with Crippen LogP contribution in [0.4, 0.5) is 4.79 Å². The van der Waals surface area contributed by atoms with Crippen LogP contribution in [-0.4, -0.2) is 56.8 Å². The van der Waals surface area contributed by atoms with Crippen LogP contribution in [0.3, 0.4) is 0 Å². The summed E-state index contributed by atoms with van der Waals surface area (Å²) >= 11 is 0. The number of nitrogens with zero attached hydrogens (tertiary/aromatic N) is 1. The lowest BCUT2D eigenvalue weighted by Crippen LogP contribution is -2.53. The molecule has 0 bridgehead atoms. The van der Waals surface area contributed by atoms with E-state index in [9.17, 15) is 18.0 Å². The van der Waals surface area contributed by atoms with Crippen molar-refractivity contribution in [2.45, 2.75) is 63.2 Å². The maximum Gasteiger partial charge on any atom is 0.411 e. The number of ether oxygens (including phenoxy) is 2. The number of carbonyl (C=O) groups is 2. The molecule has 1 aromatic carbocycles. The van der Waals surface area contributed by atoms with Gasteiger partial charge in [0.15, 0.2) is 0 Å². The Balaban J connectivity index is 2.14. The van der Waals surface area contributed by atoms with E-state index in [1.54, 1.807) is 32.9 Å². The van der Waals surface area contributed by atoms with E-state index in [1.165, 1.54) is 24.1 Å². The fourth-order valence-electron chi connectivity index (χ4n) is 2.86. The SMILES string of the molecule is COC(=O)C1C[C@@H](OS(=O)(=O)c2ccc(C)cc2)CCN1C(=O)OC(C)(C)C. The van der Waals surface area contributed by atoms with E-state index in [4.69, 9.17) is 13.7 Å². The van der Waals surface area contributed by atoms with E-state index in [-0.39, 0.29) is 24.3 Å². The Morgan fingerprint density at radius 2 is 1.75 bits per heavy atom. The van der Waals surface area contributed by atoms with E-state index in [0.717, 1.165) is 5.56 Å². The van der Waals surface area contributed by atoms with Crippen LogP contribution < -0.4 is 0 Å². The molecule has 2 atom stereocenters. The predicted molar refractivity (Wildman–Crippen MR) is 101 cm³/mol. The first kappa shape index (κ1) is 22.2. The fraction of sp³-hybridized carbons (Fsp3) is 0.579. The smallest absolute Gasteiger partial charge is 0.411 e. The number of hydrogen-bond donors (Lipinski definition) is 0. The van der Waals surface area contributed by atoms with Crippen LogP contribution in [0.1, 0.15) is 39.2 Å². The third-order valence-corrected chi connectivity index (χ3v) is 5.60. The molecule has 1 aromatic rings. The van der Waals surface area contributed by atoms with Crippen molar-refractivity contribution >= 4 is 22.2 Å². The van der Waals surface area contributed by atoms with Crippen molar-refractivity contribution in [3.8, 4) is 0 Å². The zero-order chi connectivity index (χ0) is 21.1. The Morgan fingerprint density at radius 3 is 2.29 bits per heavy atom. The monoisotopic (exact) mass is 413 g/mol. The van der Waals surface area contributed by atoms with Crippen molar-refractivity contribution in [2.75, 3.05) is 13.7 Å². The second-order valence-electron chi connectivity index (χ2n) is 7.72. The van der Waals surface area contributed by atoms with Crippen molar-refractivity contribution in [3.05, 3.63) is 29.8 Å². The van der Waals surface area contributed by atoms with Gasteiger partial charge in [-0.3, -0.25) is 9.08 Å². The number of carbonyl (C=O) groups excluding carboxylic acids is 2. The summed E-state index contributed by atoms with van der Waals surface area (Å²) in [5, 5.41) is 0. The van der Waals surface area contributed by atoms with Gasteiger partial charge in [0.1, 0.15) is 11.6 Å². The maximum absolute atomic E-state index is 12.5. The van der Waals surface area contributed by atoms with E-state index >= 15 is 0 Å². The topological polar surface area (TPSA) is 99.2 Å². The molecule has 1 amide bonds. The highest BCUT2D eigenvalue weighted by Crippen LogP contribution is 2.26. The lowest BCUT2D eigenvalue weighted by molar-refractivity contribution is -0.149. The van der Waals surface area contributed by atoms with Gasteiger partial charge in [-0.15, -0.1) is 0 Å². The van der Waals surface area contributed by atoms with Crippen LogP contribution in [-0.2, 0) is 28.6 Å². The first-order valence-electron chi connectivity index (χ1n) is 9.00. The van der Waals surface area contributed by atoms with Gasteiger partial charge in [0.25, 0.3) is 10.1 Å². The highest BCUT2D eigenvalue weighted by atomic mass is 32.2. The van der Waals surface area contributed by atoms with E-state index in [2.05, 4.69) is 0 Å². The third-order valence-electron chi connectivity index (χ3n) is 4.23. The maximum atomic E-state index is 12.5. The number of esters is 1. The zero-order valence-corrected chi connectivity index (χ0v) is 17.6. The van der Waals surface area contributed by atoms with E-state index in [0.29, 0.717) is 0 Å². The number of piperidine rings is 1. The van der Waals surface area contributed by atoms with Gasteiger partial charge in [0.05, 0.1) is 18.1 Å². The summed E-state index contributed by atoms with van der Waals surface area (Å²) in [6.07, 6.45) is -1.16. The number of aryl methyl sites for hydroxylation is 1. The minimum absolute atomic E-state index is 0.00297. The van der Waals surface area contributed by atoms with Gasteiger partial charge in [-0.2, -0.15) is 8.42 Å². The minimum Gasteiger partial charge on any atom is -0.467 e. The second-order valence-corrected chi connectivity index (χ2v) is 9.29. The molecule has 0 aromatic heterocycles. The number of benzene rings is 1. The van der Waals surface area contributed by atoms with Gasteiger partial charge < -0.3 is 9.47 Å². The molecule has 0 aliphatic carbocycles. The molecule has 28 heavy (non-hydrogen) atoms. The molecule has 2 rings (SSSR count). The summed E-state index contributed by atoms with van der Waals surface area (Å²) in [5.74, 6) is -0.646. The lowest BCUT2D eigenvalue weighted by atomic mass is 10.00. The molecule has 1 unspecified atom stereocenters. The molecule has 0 saturated carbocycles. The van der Waals surface area contributed by atoms with Crippen molar-refractivity contribution in [3.63, 3.8) is 0 Å². The van der Waals surface area contributed by atoms with Crippen molar-refractivity contribution in [1.29, 1.82) is 0 Å². The molecule has 0 radical (unpaired) electrons. The number of rotatable bonds is 4. The quantitative estimate of drug-likeness (QED) is 0.553. The van der Waals surface area contributed by atoms with Crippen molar-refractivity contribution < 1.29 is 31.7 Å². The summed E-state index contributed by atoms with van der Waals surface area (Å²) in [5.41, 5.74) is 0.204. The first-order chi connectivity index (χ1) is 12.9. The molecular formula is C19H27NO7S. The molecule has 1 aliphatic heterocycles.